The molecule has 0 fully saturated rings. The molecule has 3 heterocycles. The molecular weight excluding hydrogens is 619 g/mol. The van der Waals surface area contributed by atoms with Crippen LogP contribution >= 0.6 is 0 Å². The van der Waals surface area contributed by atoms with Crippen LogP contribution in [0.1, 0.15) is 77.0 Å². The van der Waals surface area contributed by atoms with Gasteiger partial charge in [0, 0.05) is 12.3 Å². The van der Waals surface area contributed by atoms with Crippen LogP contribution in [0.2, 0.25) is 0 Å². The molecule has 1 aliphatic rings. The molecule has 0 saturated carbocycles. The third-order valence-corrected chi connectivity index (χ3v) is 7.26. The number of benzene rings is 2. The minimum Gasteiger partial charge on any atom is -0.473 e. The molecule has 47 heavy (non-hydrogen) atoms. The van der Waals surface area contributed by atoms with Gasteiger partial charge in [-0.05, 0) is 48.6 Å². The summed E-state index contributed by atoms with van der Waals surface area (Å²) in [5, 5.41) is 3.42. The largest absolute Gasteiger partial charge is 0.473 e. The molecule has 0 atom stereocenters. The summed E-state index contributed by atoms with van der Waals surface area (Å²) in [6.45, 7) is 10.5. The van der Waals surface area contributed by atoms with Crippen LogP contribution in [-0.4, -0.2) is 20.1 Å². The first-order chi connectivity index (χ1) is 22.5. The van der Waals surface area contributed by atoms with Gasteiger partial charge in [-0.3, -0.25) is 9.55 Å². The minimum absolute atomic E-state index is 0.0104. The number of nitrogens with one attached hydrogen (secondary N) is 1. The van der Waals surface area contributed by atoms with Crippen molar-refractivity contribution < 1.29 is 31.4 Å². The lowest BCUT2D eigenvalue weighted by Crippen LogP contribution is -2.37. The Labute approximate surface area is 271 Å². The molecule has 0 radical (unpaired) electrons. The smallest absolute Gasteiger partial charge is 0.418 e. The van der Waals surface area contributed by atoms with Crippen LogP contribution in [0, 0.1) is 11.6 Å². The van der Waals surface area contributed by atoms with Crippen molar-refractivity contribution in [3.63, 3.8) is 0 Å². The average Bonchev–Trinajstić information content (AvgIpc) is 3.42. The van der Waals surface area contributed by atoms with E-state index in [-0.39, 0.29) is 23.6 Å². The predicted octanol–water partition coefficient (Wildman–Crippen LogP) is 9.35. The Hall–Kier alpha value is -4.48. The first-order valence-corrected chi connectivity index (χ1v) is 15.7. The second-order valence-corrected chi connectivity index (χ2v) is 10.8. The highest BCUT2D eigenvalue weighted by Gasteiger charge is 2.36. The van der Waals surface area contributed by atoms with Gasteiger partial charge < -0.3 is 14.8 Å². The van der Waals surface area contributed by atoms with Gasteiger partial charge in [0.15, 0.2) is 17.4 Å². The molecule has 0 bridgehead atoms. The zero-order valence-electron chi connectivity index (χ0n) is 27.3. The molecule has 5 rings (SSSR count). The predicted molar refractivity (Wildman–Crippen MR) is 172 cm³/mol. The van der Waals surface area contributed by atoms with E-state index in [1.807, 2.05) is 19.9 Å². The quantitative estimate of drug-likeness (QED) is 0.171. The van der Waals surface area contributed by atoms with Crippen LogP contribution in [0.15, 0.2) is 71.8 Å². The number of halogens is 5. The fourth-order valence-corrected chi connectivity index (χ4v) is 5.21. The normalized spacial score (nSPS) is 12.9. The molecule has 0 amide bonds. The van der Waals surface area contributed by atoms with Crippen LogP contribution in [0.3, 0.4) is 0 Å². The Bertz CT molecular complexity index is 1620. The lowest BCUT2D eigenvalue weighted by atomic mass is 9.89. The van der Waals surface area contributed by atoms with Gasteiger partial charge in [0.1, 0.15) is 18.2 Å². The maximum Gasteiger partial charge on any atom is 0.418 e. The van der Waals surface area contributed by atoms with Crippen LogP contribution in [0.5, 0.6) is 17.4 Å². The highest BCUT2D eigenvalue weighted by Crippen LogP contribution is 2.35. The molecule has 1 N–H and O–H groups in total. The van der Waals surface area contributed by atoms with E-state index in [0.29, 0.717) is 24.6 Å². The van der Waals surface area contributed by atoms with E-state index in [4.69, 9.17) is 9.47 Å². The van der Waals surface area contributed by atoms with Gasteiger partial charge in [0.05, 0.1) is 23.8 Å². The van der Waals surface area contributed by atoms with E-state index in [2.05, 4.69) is 60.3 Å². The standard InChI is InChI=1S/C25H25F5N4O3.C8H10.C2H6/c1-3-5-24(6-4-2)14-34-20(33-24)10-21(32-23(34)35)36-13-15-7-18(26)22(19(27)8-15)37-17-9-16(11-31-12-17)25(28,29)30;1-2-8-6-4-3-5-7-8;1-2/h7-12,33H,3-6,13-14H2,1-2H3;3-7H,2H2,1H3;1-2H3. The third-order valence-electron chi connectivity index (χ3n) is 7.26. The number of hydrogen-bond donors (Lipinski definition) is 1. The van der Waals surface area contributed by atoms with Gasteiger partial charge in [-0.1, -0.05) is 77.8 Å². The van der Waals surface area contributed by atoms with Crippen molar-refractivity contribution in [2.75, 3.05) is 5.32 Å². The van der Waals surface area contributed by atoms with Gasteiger partial charge in [-0.15, -0.1) is 0 Å². The van der Waals surface area contributed by atoms with Gasteiger partial charge in [0.25, 0.3) is 0 Å². The number of aryl methyl sites for hydroxylation is 1. The maximum atomic E-state index is 14.6. The Balaban J connectivity index is 0.000000518. The lowest BCUT2D eigenvalue weighted by molar-refractivity contribution is -0.137. The monoisotopic (exact) mass is 660 g/mol. The van der Waals surface area contributed by atoms with Gasteiger partial charge in [0.2, 0.25) is 5.88 Å². The number of hydrogen-bond acceptors (Lipinski definition) is 6. The van der Waals surface area contributed by atoms with Crippen molar-refractivity contribution in [1.29, 1.82) is 0 Å². The SMILES string of the molecule is CC.CCCC1(CCC)Cn2c(cc(OCc3cc(F)c(Oc4cncc(C(F)(F)F)c4)c(F)c3)nc2=O)N1.CCc1ccccc1. The Kier molecular flexibility index (Phi) is 13.3. The Morgan fingerprint density at radius 2 is 1.55 bits per heavy atom. The number of nitrogens with zero attached hydrogens (tertiary/aromatic N) is 3. The van der Waals surface area contributed by atoms with Gasteiger partial charge in [-0.25, -0.2) is 13.6 Å². The van der Waals surface area contributed by atoms with Gasteiger partial charge in [-0.2, -0.15) is 18.2 Å². The van der Waals surface area contributed by atoms with E-state index in [1.165, 1.54) is 5.56 Å². The third kappa shape index (κ3) is 10.0. The molecule has 0 aliphatic carbocycles. The number of rotatable bonds is 10. The van der Waals surface area contributed by atoms with Crippen molar-refractivity contribution in [3.05, 3.63) is 106 Å². The summed E-state index contributed by atoms with van der Waals surface area (Å²) in [5.41, 5.74) is -0.388. The van der Waals surface area contributed by atoms with Crippen LogP contribution in [0.25, 0.3) is 0 Å². The van der Waals surface area contributed by atoms with Crippen LogP contribution in [-0.2, 0) is 25.7 Å². The van der Waals surface area contributed by atoms with E-state index in [1.54, 1.807) is 10.6 Å². The van der Waals surface area contributed by atoms with E-state index in [0.717, 1.165) is 50.4 Å². The topological polar surface area (TPSA) is 78.3 Å². The molecule has 0 unspecified atom stereocenters. The zero-order chi connectivity index (χ0) is 34.6. The van der Waals surface area contributed by atoms with Gasteiger partial charge >= 0.3 is 11.9 Å². The second-order valence-electron chi connectivity index (χ2n) is 10.8. The highest BCUT2D eigenvalue weighted by molar-refractivity contribution is 5.46. The number of pyridine rings is 1. The van der Waals surface area contributed by atoms with Crippen molar-refractivity contribution in [2.45, 2.75) is 91.6 Å². The highest BCUT2D eigenvalue weighted by atomic mass is 19.4. The summed E-state index contributed by atoms with van der Waals surface area (Å²) in [7, 11) is 0. The van der Waals surface area contributed by atoms with E-state index < -0.39 is 40.6 Å². The molecule has 7 nitrogen and oxygen atoms in total. The number of anilines is 1. The van der Waals surface area contributed by atoms with Crippen molar-refractivity contribution >= 4 is 5.82 Å². The molecule has 1 aliphatic heterocycles. The van der Waals surface area contributed by atoms with Crippen LogP contribution in [0.4, 0.5) is 27.8 Å². The lowest BCUT2D eigenvalue weighted by Gasteiger charge is -2.28. The number of aromatic nitrogens is 3. The molecule has 2 aromatic carbocycles. The fourth-order valence-electron chi connectivity index (χ4n) is 5.21. The summed E-state index contributed by atoms with van der Waals surface area (Å²) >= 11 is 0. The molecule has 12 heteroatoms. The molecular formula is C35H41F5N4O3. The average molecular weight is 661 g/mol. The van der Waals surface area contributed by atoms with Crippen molar-refractivity contribution in [1.82, 2.24) is 14.5 Å². The summed E-state index contributed by atoms with van der Waals surface area (Å²) in [5.74, 6) is -3.11. The first kappa shape index (κ1) is 37.0. The zero-order valence-corrected chi connectivity index (χ0v) is 27.3. The minimum atomic E-state index is -4.69. The number of alkyl halides is 3. The summed E-state index contributed by atoms with van der Waals surface area (Å²) < 4.78 is 79.8. The number of ether oxygens (including phenoxy) is 2. The Morgan fingerprint density at radius 3 is 2.11 bits per heavy atom. The van der Waals surface area contributed by atoms with Crippen molar-refractivity contribution in [3.8, 4) is 17.4 Å². The van der Waals surface area contributed by atoms with E-state index in [9.17, 15) is 26.7 Å². The fraction of sp³-hybridized carbons (Fsp3) is 0.400. The molecule has 0 saturated heterocycles. The van der Waals surface area contributed by atoms with Crippen LogP contribution < -0.4 is 20.5 Å². The Morgan fingerprint density at radius 1 is 0.915 bits per heavy atom. The molecule has 254 valence electrons. The molecule has 0 spiro atoms. The summed E-state index contributed by atoms with van der Waals surface area (Å²) in [4.78, 5) is 19.9. The first-order valence-electron chi connectivity index (χ1n) is 15.7. The van der Waals surface area contributed by atoms with E-state index >= 15 is 0 Å². The number of fused-ring (bicyclic) bond motifs is 1. The maximum absolute atomic E-state index is 14.6. The summed E-state index contributed by atoms with van der Waals surface area (Å²) in [6.07, 6.45) is 1.56. The second kappa shape index (κ2) is 16.9. The molecule has 4 aromatic rings. The summed E-state index contributed by atoms with van der Waals surface area (Å²) in [6, 6.07) is 14.5. The molecule has 2 aromatic heterocycles. The van der Waals surface area contributed by atoms with Crippen molar-refractivity contribution in [2.24, 2.45) is 0 Å².